The molecule has 8 heteroatoms. The molecule has 0 bridgehead atoms. The monoisotopic (exact) mass is 399 g/mol. The van der Waals surface area contributed by atoms with Gasteiger partial charge in [-0.3, -0.25) is 0 Å². The van der Waals surface area contributed by atoms with Crippen LogP contribution in [0.3, 0.4) is 0 Å². The summed E-state index contributed by atoms with van der Waals surface area (Å²) < 4.78 is 22.7. The summed E-state index contributed by atoms with van der Waals surface area (Å²) in [6.07, 6.45) is 2.16. The Kier molecular flexibility index (Phi) is 5.51. The van der Waals surface area contributed by atoms with E-state index in [1.54, 1.807) is 36.4 Å². The Hall–Kier alpha value is -2.95. The maximum Gasteiger partial charge on any atom is 0.266 e. The predicted molar refractivity (Wildman–Crippen MR) is 102 cm³/mol. The van der Waals surface area contributed by atoms with E-state index in [4.69, 9.17) is 29.9 Å². The first-order valence-corrected chi connectivity index (χ1v) is 9.33. The molecule has 0 radical (unpaired) electrons. The van der Waals surface area contributed by atoms with Crippen molar-refractivity contribution in [2.45, 2.75) is 25.6 Å². The fourth-order valence-electron chi connectivity index (χ4n) is 2.89. The van der Waals surface area contributed by atoms with Crippen molar-refractivity contribution >= 4 is 17.5 Å². The topological polar surface area (TPSA) is 93.5 Å². The van der Waals surface area contributed by atoms with Crippen LogP contribution in [0.4, 0.5) is 5.88 Å². The summed E-state index contributed by atoms with van der Waals surface area (Å²) in [7, 11) is 0. The molecule has 0 amide bonds. The SMILES string of the molecule is N#Cc1nc(-c2ccc(COc3ccc(Cl)cc3)o2)oc1NC[C@H]1CCCO1. The van der Waals surface area contributed by atoms with E-state index in [-0.39, 0.29) is 24.3 Å². The molecular weight excluding hydrogens is 382 g/mol. The molecule has 0 unspecified atom stereocenters. The van der Waals surface area contributed by atoms with Gasteiger partial charge in [-0.25, -0.2) is 0 Å². The molecule has 3 heterocycles. The van der Waals surface area contributed by atoms with Gasteiger partial charge in [0.05, 0.1) is 6.10 Å². The zero-order chi connectivity index (χ0) is 19.3. The van der Waals surface area contributed by atoms with Crippen LogP contribution < -0.4 is 10.1 Å². The molecule has 1 aliphatic heterocycles. The predicted octanol–water partition coefficient (Wildman–Crippen LogP) is 4.63. The Morgan fingerprint density at radius 3 is 2.82 bits per heavy atom. The van der Waals surface area contributed by atoms with Gasteiger partial charge in [0.2, 0.25) is 11.6 Å². The van der Waals surface area contributed by atoms with E-state index in [0.717, 1.165) is 19.4 Å². The number of furan rings is 1. The van der Waals surface area contributed by atoms with Crippen LogP contribution >= 0.6 is 11.6 Å². The smallest absolute Gasteiger partial charge is 0.266 e. The number of nitriles is 1. The number of hydrogen-bond acceptors (Lipinski definition) is 7. The lowest BCUT2D eigenvalue weighted by Crippen LogP contribution is -2.18. The van der Waals surface area contributed by atoms with Crippen molar-refractivity contribution in [3.05, 3.63) is 52.9 Å². The molecular formula is C20H18ClN3O4. The number of benzene rings is 1. The highest BCUT2D eigenvalue weighted by Gasteiger charge is 2.20. The number of halogens is 1. The molecule has 1 atom stereocenters. The van der Waals surface area contributed by atoms with Gasteiger partial charge in [-0.2, -0.15) is 10.2 Å². The van der Waals surface area contributed by atoms with Gasteiger partial charge in [-0.1, -0.05) is 11.6 Å². The second-order valence-corrected chi connectivity index (χ2v) is 6.77. The number of hydrogen-bond donors (Lipinski definition) is 1. The van der Waals surface area contributed by atoms with Crippen LogP contribution in [0.2, 0.25) is 5.02 Å². The lowest BCUT2D eigenvalue weighted by atomic mass is 10.2. The number of ether oxygens (including phenoxy) is 2. The lowest BCUT2D eigenvalue weighted by molar-refractivity contribution is 0.120. The molecule has 1 aromatic carbocycles. The van der Waals surface area contributed by atoms with Gasteiger partial charge in [0, 0.05) is 18.2 Å². The van der Waals surface area contributed by atoms with Crippen molar-refractivity contribution in [3.8, 4) is 23.5 Å². The fourth-order valence-corrected chi connectivity index (χ4v) is 3.01. The van der Waals surface area contributed by atoms with E-state index in [0.29, 0.717) is 34.7 Å². The average Bonchev–Trinajstić information content (AvgIpc) is 3.45. The standard InChI is InChI=1S/C20H18ClN3O4/c21-13-3-5-14(6-4-13)26-12-16-7-8-18(27-16)20-24-17(10-22)19(28-20)23-11-15-2-1-9-25-15/h3-8,15,23H,1-2,9,11-12H2/t15-/m1/s1. The molecule has 4 rings (SSSR count). The summed E-state index contributed by atoms with van der Waals surface area (Å²) >= 11 is 5.86. The number of anilines is 1. The largest absolute Gasteiger partial charge is 0.486 e. The van der Waals surface area contributed by atoms with Crippen LogP contribution in [0.25, 0.3) is 11.7 Å². The summed E-state index contributed by atoms with van der Waals surface area (Å²) in [4.78, 5) is 4.21. The van der Waals surface area contributed by atoms with Gasteiger partial charge < -0.3 is 23.6 Å². The molecule has 3 aromatic rings. The van der Waals surface area contributed by atoms with E-state index in [2.05, 4.69) is 10.3 Å². The molecule has 2 aromatic heterocycles. The van der Waals surface area contributed by atoms with E-state index >= 15 is 0 Å². The third-order valence-corrected chi connectivity index (χ3v) is 4.57. The number of nitrogens with one attached hydrogen (secondary N) is 1. The molecule has 0 aliphatic carbocycles. The highest BCUT2D eigenvalue weighted by Crippen LogP contribution is 2.28. The Labute approximate surface area is 166 Å². The van der Waals surface area contributed by atoms with E-state index in [1.807, 2.05) is 6.07 Å². The fraction of sp³-hybridized carbons (Fsp3) is 0.300. The highest BCUT2D eigenvalue weighted by molar-refractivity contribution is 6.30. The molecule has 1 saturated heterocycles. The van der Waals surface area contributed by atoms with E-state index in [9.17, 15) is 5.26 Å². The summed E-state index contributed by atoms with van der Waals surface area (Å²) in [6.45, 7) is 1.59. The van der Waals surface area contributed by atoms with Gasteiger partial charge in [0.25, 0.3) is 5.89 Å². The van der Waals surface area contributed by atoms with Crippen LogP contribution in [-0.4, -0.2) is 24.2 Å². The summed E-state index contributed by atoms with van der Waals surface area (Å²) in [5.74, 6) is 2.28. The summed E-state index contributed by atoms with van der Waals surface area (Å²) in [6, 6.07) is 12.6. The molecule has 28 heavy (non-hydrogen) atoms. The number of rotatable bonds is 7. The second kappa shape index (κ2) is 8.38. The minimum absolute atomic E-state index is 0.125. The minimum atomic E-state index is 0.125. The number of aromatic nitrogens is 1. The first kappa shape index (κ1) is 18.4. The third kappa shape index (κ3) is 4.30. The van der Waals surface area contributed by atoms with Crippen molar-refractivity contribution < 1.29 is 18.3 Å². The molecule has 0 saturated carbocycles. The van der Waals surface area contributed by atoms with Crippen LogP contribution in [0.15, 0.2) is 45.2 Å². The van der Waals surface area contributed by atoms with Crippen molar-refractivity contribution in [1.29, 1.82) is 5.26 Å². The van der Waals surface area contributed by atoms with Crippen molar-refractivity contribution in [2.24, 2.45) is 0 Å². The van der Waals surface area contributed by atoms with Crippen LogP contribution in [0.5, 0.6) is 5.75 Å². The van der Waals surface area contributed by atoms with Crippen molar-refractivity contribution in [1.82, 2.24) is 4.98 Å². The van der Waals surface area contributed by atoms with Gasteiger partial charge in [0.15, 0.2) is 5.76 Å². The normalized spacial score (nSPS) is 16.1. The lowest BCUT2D eigenvalue weighted by Gasteiger charge is -2.09. The zero-order valence-corrected chi connectivity index (χ0v) is 15.7. The Bertz CT molecular complexity index is 968. The molecule has 0 spiro atoms. The summed E-state index contributed by atoms with van der Waals surface area (Å²) in [5, 5.41) is 13.0. The molecule has 7 nitrogen and oxygen atoms in total. The first-order chi connectivity index (χ1) is 13.7. The summed E-state index contributed by atoms with van der Waals surface area (Å²) in [5.41, 5.74) is 0.184. The van der Waals surface area contributed by atoms with Crippen molar-refractivity contribution in [2.75, 3.05) is 18.5 Å². The molecule has 1 fully saturated rings. The van der Waals surface area contributed by atoms with Gasteiger partial charge in [-0.15, -0.1) is 0 Å². The van der Waals surface area contributed by atoms with Crippen LogP contribution in [0.1, 0.15) is 24.3 Å². The van der Waals surface area contributed by atoms with Crippen LogP contribution in [-0.2, 0) is 11.3 Å². The highest BCUT2D eigenvalue weighted by atomic mass is 35.5. The Morgan fingerprint density at radius 2 is 2.07 bits per heavy atom. The molecule has 1 aliphatic rings. The number of oxazole rings is 1. The Morgan fingerprint density at radius 1 is 1.21 bits per heavy atom. The second-order valence-electron chi connectivity index (χ2n) is 6.33. The van der Waals surface area contributed by atoms with E-state index in [1.165, 1.54) is 0 Å². The van der Waals surface area contributed by atoms with Gasteiger partial charge in [-0.05, 0) is 49.2 Å². The Balaban J connectivity index is 1.41. The molecule has 1 N–H and O–H groups in total. The molecule has 144 valence electrons. The van der Waals surface area contributed by atoms with E-state index < -0.39 is 0 Å². The average molecular weight is 400 g/mol. The quantitative estimate of drug-likeness (QED) is 0.618. The van der Waals surface area contributed by atoms with Gasteiger partial charge in [0.1, 0.15) is 24.2 Å². The van der Waals surface area contributed by atoms with Gasteiger partial charge >= 0.3 is 0 Å². The van der Waals surface area contributed by atoms with Crippen molar-refractivity contribution in [3.63, 3.8) is 0 Å². The first-order valence-electron chi connectivity index (χ1n) is 8.95. The maximum atomic E-state index is 9.30. The zero-order valence-electron chi connectivity index (χ0n) is 15.0. The maximum absolute atomic E-state index is 9.30. The minimum Gasteiger partial charge on any atom is -0.486 e. The van der Waals surface area contributed by atoms with Crippen LogP contribution in [0, 0.1) is 11.3 Å². The third-order valence-electron chi connectivity index (χ3n) is 4.31. The number of nitrogens with zero attached hydrogens (tertiary/aromatic N) is 2.